The van der Waals surface area contributed by atoms with E-state index in [0.29, 0.717) is 5.75 Å². The fourth-order valence-corrected chi connectivity index (χ4v) is 1.64. The minimum Gasteiger partial charge on any atom is -0.478 e. The number of hydrogen-bond acceptors (Lipinski definition) is 4. The predicted octanol–water partition coefficient (Wildman–Crippen LogP) is 2.77. The first-order valence-electron chi connectivity index (χ1n) is 5.71. The van der Waals surface area contributed by atoms with Gasteiger partial charge in [0.2, 0.25) is 0 Å². The maximum atomic E-state index is 11.2. The van der Waals surface area contributed by atoms with Crippen LogP contribution in [0.15, 0.2) is 30.5 Å². The Bertz CT molecular complexity index is 639. The number of anilines is 1. The maximum absolute atomic E-state index is 11.2. The molecular weight excluding hydrogens is 244 g/mol. The van der Waals surface area contributed by atoms with Gasteiger partial charge < -0.3 is 15.6 Å². The van der Waals surface area contributed by atoms with Gasteiger partial charge in [0.15, 0.2) is 5.75 Å². The molecule has 0 bridgehead atoms. The molecule has 0 aliphatic carbocycles. The molecule has 1 heterocycles. The third kappa shape index (κ3) is 2.82. The molecule has 0 spiro atoms. The van der Waals surface area contributed by atoms with Crippen LogP contribution in [-0.2, 0) is 0 Å². The molecule has 0 fully saturated rings. The van der Waals surface area contributed by atoms with Gasteiger partial charge in [-0.05, 0) is 37.1 Å². The molecule has 0 saturated carbocycles. The van der Waals surface area contributed by atoms with Crippen molar-refractivity contribution in [2.24, 2.45) is 0 Å². The fraction of sp³-hybridized carbons (Fsp3) is 0.143. The van der Waals surface area contributed by atoms with Crippen LogP contribution in [0.5, 0.6) is 11.5 Å². The first-order valence-corrected chi connectivity index (χ1v) is 5.71. The molecule has 0 aliphatic heterocycles. The van der Waals surface area contributed by atoms with Gasteiger partial charge in [0.05, 0.1) is 6.20 Å². The molecule has 1 aromatic carbocycles. The summed E-state index contributed by atoms with van der Waals surface area (Å²) in [6, 6.07) is 7.00. The van der Waals surface area contributed by atoms with E-state index in [0.717, 1.165) is 11.1 Å². The third-order valence-corrected chi connectivity index (χ3v) is 2.68. The molecule has 0 atom stereocenters. The van der Waals surface area contributed by atoms with Crippen molar-refractivity contribution >= 4 is 11.8 Å². The Morgan fingerprint density at radius 2 is 2.00 bits per heavy atom. The number of carboxylic acid groups (broad SMARTS) is 1. The van der Waals surface area contributed by atoms with E-state index < -0.39 is 5.97 Å². The monoisotopic (exact) mass is 258 g/mol. The molecule has 3 N–H and O–H groups in total. The molecular formula is C14H14N2O3. The van der Waals surface area contributed by atoms with Crippen molar-refractivity contribution in [1.82, 2.24) is 4.98 Å². The zero-order valence-electron chi connectivity index (χ0n) is 10.7. The van der Waals surface area contributed by atoms with E-state index in [1.807, 2.05) is 32.0 Å². The van der Waals surface area contributed by atoms with Crippen LogP contribution < -0.4 is 10.5 Å². The first-order chi connectivity index (χ1) is 8.97. The van der Waals surface area contributed by atoms with Crippen molar-refractivity contribution in [3.63, 3.8) is 0 Å². The number of rotatable bonds is 3. The third-order valence-electron chi connectivity index (χ3n) is 2.68. The number of nitrogen functional groups attached to an aromatic ring is 1. The maximum Gasteiger partial charge on any atom is 0.339 e. The second kappa shape index (κ2) is 4.97. The number of carbonyl (C=O) groups is 1. The average molecular weight is 258 g/mol. The Morgan fingerprint density at radius 3 is 2.68 bits per heavy atom. The van der Waals surface area contributed by atoms with Crippen molar-refractivity contribution < 1.29 is 14.6 Å². The van der Waals surface area contributed by atoms with Crippen molar-refractivity contribution in [2.45, 2.75) is 13.8 Å². The van der Waals surface area contributed by atoms with E-state index in [2.05, 4.69) is 4.98 Å². The summed E-state index contributed by atoms with van der Waals surface area (Å²) >= 11 is 0. The Balaban J connectivity index is 2.43. The number of hydrogen-bond donors (Lipinski definition) is 2. The van der Waals surface area contributed by atoms with Gasteiger partial charge in [-0.2, -0.15) is 0 Å². The van der Waals surface area contributed by atoms with Crippen molar-refractivity contribution in [2.75, 3.05) is 5.73 Å². The van der Waals surface area contributed by atoms with Gasteiger partial charge in [-0.1, -0.05) is 12.1 Å². The summed E-state index contributed by atoms with van der Waals surface area (Å²) in [6.07, 6.45) is 1.32. The molecule has 5 nitrogen and oxygen atoms in total. The topological polar surface area (TPSA) is 85.4 Å². The molecule has 0 unspecified atom stereocenters. The normalized spacial score (nSPS) is 10.2. The molecule has 5 heteroatoms. The quantitative estimate of drug-likeness (QED) is 0.884. The highest BCUT2D eigenvalue weighted by Crippen LogP contribution is 2.28. The summed E-state index contributed by atoms with van der Waals surface area (Å²) < 4.78 is 5.64. The second-order valence-corrected chi connectivity index (χ2v) is 4.28. The fourth-order valence-electron chi connectivity index (χ4n) is 1.64. The van der Waals surface area contributed by atoms with Crippen LogP contribution >= 0.6 is 0 Å². The number of benzene rings is 1. The number of nitrogens with zero attached hydrogens (tertiary/aromatic N) is 1. The van der Waals surface area contributed by atoms with Crippen molar-refractivity contribution in [1.29, 1.82) is 0 Å². The molecule has 0 amide bonds. The summed E-state index contributed by atoms with van der Waals surface area (Å²) in [6.45, 7) is 3.82. The lowest BCUT2D eigenvalue weighted by Gasteiger charge is -2.11. The first kappa shape index (κ1) is 12.9. The second-order valence-electron chi connectivity index (χ2n) is 4.28. The van der Waals surface area contributed by atoms with Crippen molar-refractivity contribution in [3.8, 4) is 11.5 Å². The number of nitrogens with two attached hydrogens (primary N) is 1. The molecule has 0 aliphatic rings. The minimum absolute atomic E-state index is 0.00611. The molecule has 98 valence electrons. The lowest BCUT2D eigenvalue weighted by Crippen LogP contribution is -2.03. The highest BCUT2D eigenvalue weighted by molar-refractivity contribution is 5.91. The van der Waals surface area contributed by atoms with Gasteiger partial charge in [0.1, 0.15) is 17.1 Å². The molecule has 1 aromatic heterocycles. The smallest absolute Gasteiger partial charge is 0.339 e. The zero-order valence-corrected chi connectivity index (χ0v) is 10.7. The van der Waals surface area contributed by atoms with Gasteiger partial charge in [-0.3, -0.25) is 0 Å². The van der Waals surface area contributed by atoms with E-state index >= 15 is 0 Å². The van der Waals surface area contributed by atoms with Crippen LogP contribution in [0.25, 0.3) is 0 Å². The summed E-state index contributed by atoms with van der Waals surface area (Å²) in [4.78, 5) is 15.0. The summed E-state index contributed by atoms with van der Waals surface area (Å²) in [7, 11) is 0. The average Bonchev–Trinajstić information content (AvgIpc) is 2.35. The molecule has 2 aromatic rings. The SMILES string of the molecule is Cc1ccc(C)c(Oc2cnc(N)cc2C(=O)O)c1. The number of aryl methyl sites for hydroxylation is 2. The van der Waals surface area contributed by atoms with E-state index in [9.17, 15) is 4.79 Å². The van der Waals surface area contributed by atoms with Gasteiger partial charge in [0.25, 0.3) is 0 Å². The molecule has 0 radical (unpaired) electrons. The van der Waals surface area contributed by atoms with Gasteiger partial charge in [0, 0.05) is 0 Å². The van der Waals surface area contributed by atoms with E-state index in [1.165, 1.54) is 12.3 Å². The van der Waals surface area contributed by atoms with E-state index in [-0.39, 0.29) is 17.1 Å². The Morgan fingerprint density at radius 1 is 1.26 bits per heavy atom. The Hall–Kier alpha value is -2.56. The van der Waals surface area contributed by atoms with Crippen molar-refractivity contribution in [3.05, 3.63) is 47.2 Å². The largest absolute Gasteiger partial charge is 0.478 e. The summed E-state index contributed by atoms with van der Waals surface area (Å²) in [5.74, 6) is -0.176. The van der Waals surface area contributed by atoms with E-state index in [1.54, 1.807) is 0 Å². The van der Waals surface area contributed by atoms with Gasteiger partial charge in [-0.25, -0.2) is 9.78 Å². The number of ether oxygens (including phenoxy) is 1. The van der Waals surface area contributed by atoms with Crippen LogP contribution in [0.2, 0.25) is 0 Å². The Kier molecular flexibility index (Phi) is 3.37. The van der Waals surface area contributed by atoms with Crippen LogP contribution in [0.1, 0.15) is 21.5 Å². The molecule has 0 saturated heterocycles. The highest BCUT2D eigenvalue weighted by atomic mass is 16.5. The van der Waals surface area contributed by atoms with Crippen LogP contribution in [-0.4, -0.2) is 16.1 Å². The Labute approximate surface area is 110 Å². The van der Waals surface area contributed by atoms with Crippen LogP contribution in [0, 0.1) is 13.8 Å². The van der Waals surface area contributed by atoms with Crippen LogP contribution in [0.4, 0.5) is 5.82 Å². The number of aromatic carboxylic acids is 1. The summed E-state index contributed by atoms with van der Waals surface area (Å²) in [5.41, 5.74) is 7.42. The molecule has 2 rings (SSSR count). The number of aromatic nitrogens is 1. The lowest BCUT2D eigenvalue weighted by atomic mass is 10.1. The number of pyridine rings is 1. The molecule has 19 heavy (non-hydrogen) atoms. The zero-order chi connectivity index (χ0) is 14.0. The predicted molar refractivity (Wildman–Crippen MR) is 71.6 cm³/mol. The van der Waals surface area contributed by atoms with Gasteiger partial charge in [-0.15, -0.1) is 0 Å². The van der Waals surface area contributed by atoms with E-state index in [4.69, 9.17) is 15.6 Å². The number of carboxylic acids is 1. The minimum atomic E-state index is -1.10. The standard InChI is InChI=1S/C14H14N2O3/c1-8-3-4-9(2)11(5-8)19-12-7-16-13(15)6-10(12)14(17)18/h3-7H,1-2H3,(H2,15,16)(H,17,18). The summed E-state index contributed by atoms with van der Waals surface area (Å²) in [5, 5.41) is 9.13. The van der Waals surface area contributed by atoms with Gasteiger partial charge >= 0.3 is 5.97 Å². The van der Waals surface area contributed by atoms with Crippen LogP contribution in [0.3, 0.4) is 0 Å². The lowest BCUT2D eigenvalue weighted by molar-refractivity contribution is 0.0694. The highest BCUT2D eigenvalue weighted by Gasteiger charge is 2.14.